The van der Waals surface area contributed by atoms with Crippen LogP contribution in [0.4, 0.5) is 0 Å². The number of likely N-dealkylation sites (tertiary alicyclic amines) is 1. The first-order valence-corrected chi connectivity index (χ1v) is 7.25. The Hall–Kier alpha value is -1.16. The lowest BCUT2D eigenvalue weighted by Gasteiger charge is -2.38. The van der Waals surface area contributed by atoms with E-state index < -0.39 is 0 Å². The molecular formula is C15H24N2O2. The number of Topliss-reactive ketones (excluding diaryl/α,β-unsaturated/α-hetero) is 1. The molecule has 0 aromatic carbocycles. The Morgan fingerprint density at radius 2 is 2.32 bits per heavy atom. The molecule has 2 heterocycles. The Morgan fingerprint density at radius 1 is 1.53 bits per heavy atom. The summed E-state index contributed by atoms with van der Waals surface area (Å²) in [6, 6.07) is 1.09. The lowest BCUT2D eigenvalue weighted by Crippen LogP contribution is -2.45. The minimum Gasteiger partial charge on any atom is -0.445 e. The van der Waals surface area contributed by atoms with Crippen LogP contribution in [0.25, 0.3) is 0 Å². The van der Waals surface area contributed by atoms with E-state index in [4.69, 9.17) is 4.42 Å². The topological polar surface area (TPSA) is 46.3 Å². The quantitative estimate of drug-likeness (QED) is 0.820. The van der Waals surface area contributed by atoms with Gasteiger partial charge in [0.2, 0.25) is 0 Å². The van der Waals surface area contributed by atoms with Crippen molar-refractivity contribution in [3.05, 3.63) is 17.8 Å². The number of nitrogens with zero attached hydrogens (tertiary/aromatic N) is 2. The Kier molecular flexibility index (Phi) is 4.75. The van der Waals surface area contributed by atoms with Crippen LogP contribution in [0.1, 0.15) is 51.7 Å². The normalized spacial score (nSPS) is 20.9. The highest BCUT2D eigenvalue weighted by atomic mass is 16.4. The second kappa shape index (κ2) is 6.33. The summed E-state index contributed by atoms with van der Waals surface area (Å²) in [7, 11) is 0. The van der Waals surface area contributed by atoms with E-state index in [9.17, 15) is 4.79 Å². The monoisotopic (exact) mass is 264 g/mol. The Morgan fingerprint density at radius 3 is 3.00 bits per heavy atom. The maximum atomic E-state index is 11.1. The van der Waals surface area contributed by atoms with Crippen LogP contribution < -0.4 is 0 Å². The first-order chi connectivity index (χ1) is 9.06. The lowest BCUT2D eigenvalue weighted by molar-refractivity contribution is -0.116. The van der Waals surface area contributed by atoms with Crippen molar-refractivity contribution in [1.82, 2.24) is 9.88 Å². The highest BCUT2D eigenvalue weighted by Crippen LogP contribution is 2.22. The number of oxazole rings is 1. The second-order valence-corrected chi connectivity index (χ2v) is 5.78. The number of hydrogen-bond acceptors (Lipinski definition) is 4. The van der Waals surface area contributed by atoms with E-state index in [1.807, 2.05) is 0 Å². The number of piperidine rings is 1. The molecule has 0 N–H and O–H groups in total. The van der Waals surface area contributed by atoms with Gasteiger partial charge in [-0.3, -0.25) is 9.69 Å². The summed E-state index contributed by atoms with van der Waals surface area (Å²) >= 11 is 0. The molecule has 19 heavy (non-hydrogen) atoms. The molecule has 0 radical (unpaired) electrons. The van der Waals surface area contributed by atoms with Crippen molar-refractivity contribution in [3.8, 4) is 0 Å². The Labute approximate surface area is 115 Å². The van der Waals surface area contributed by atoms with Gasteiger partial charge >= 0.3 is 0 Å². The molecule has 1 unspecified atom stereocenters. The molecule has 1 aliphatic heterocycles. The van der Waals surface area contributed by atoms with Crippen molar-refractivity contribution < 1.29 is 9.21 Å². The van der Waals surface area contributed by atoms with Crippen LogP contribution in [-0.2, 0) is 17.6 Å². The zero-order chi connectivity index (χ0) is 13.8. The number of aromatic nitrogens is 1. The van der Waals surface area contributed by atoms with Gasteiger partial charge < -0.3 is 4.42 Å². The molecule has 1 aromatic rings. The van der Waals surface area contributed by atoms with Gasteiger partial charge in [-0.2, -0.15) is 0 Å². The van der Waals surface area contributed by atoms with Gasteiger partial charge in [-0.05, 0) is 40.2 Å². The van der Waals surface area contributed by atoms with Gasteiger partial charge in [-0.15, -0.1) is 0 Å². The van der Waals surface area contributed by atoms with E-state index >= 15 is 0 Å². The molecule has 106 valence electrons. The minimum atomic E-state index is 0.115. The van der Waals surface area contributed by atoms with Gasteiger partial charge in [-0.25, -0.2) is 4.98 Å². The predicted octanol–water partition coefficient (Wildman–Crippen LogP) is 2.61. The molecule has 0 saturated carbocycles. The molecule has 1 fully saturated rings. The maximum absolute atomic E-state index is 11.1. The third kappa shape index (κ3) is 3.90. The molecule has 1 saturated heterocycles. The highest BCUT2D eigenvalue weighted by molar-refractivity contribution is 5.77. The van der Waals surface area contributed by atoms with Crippen LogP contribution in [-0.4, -0.2) is 34.3 Å². The molecule has 0 amide bonds. The van der Waals surface area contributed by atoms with Crippen molar-refractivity contribution in [2.75, 3.05) is 6.54 Å². The van der Waals surface area contributed by atoms with Crippen LogP contribution in [0, 0.1) is 0 Å². The number of carbonyl (C=O) groups excluding carboxylic acids is 1. The van der Waals surface area contributed by atoms with Crippen molar-refractivity contribution >= 4 is 5.78 Å². The van der Waals surface area contributed by atoms with Gasteiger partial charge in [0.1, 0.15) is 11.5 Å². The molecule has 0 aliphatic carbocycles. The number of hydrogen-bond donors (Lipinski definition) is 0. The fourth-order valence-corrected chi connectivity index (χ4v) is 2.89. The third-order valence-corrected chi connectivity index (χ3v) is 3.77. The molecule has 4 heteroatoms. The van der Waals surface area contributed by atoms with Gasteiger partial charge in [0.15, 0.2) is 5.89 Å². The first-order valence-electron chi connectivity index (χ1n) is 7.25. The van der Waals surface area contributed by atoms with Crippen LogP contribution in [0.3, 0.4) is 0 Å². The molecular weight excluding hydrogens is 240 g/mol. The van der Waals surface area contributed by atoms with Crippen LogP contribution >= 0.6 is 0 Å². The van der Waals surface area contributed by atoms with E-state index in [1.165, 1.54) is 25.8 Å². The minimum absolute atomic E-state index is 0.115. The van der Waals surface area contributed by atoms with Crippen molar-refractivity contribution in [2.24, 2.45) is 0 Å². The molecule has 1 aliphatic rings. The summed E-state index contributed by atoms with van der Waals surface area (Å²) in [5, 5.41) is 0. The van der Waals surface area contributed by atoms with Gasteiger partial charge in [0, 0.05) is 18.5 Å². The first kappa shape index (κ1) is 14.3. The summed E-state index contributed by atoms with van der Waals surface area (Å²) in [4.78, 5) is 17.9. The smallest absolute Gasteiger partial charge is 0.195 e. The maximum Gasteiger partial charge on any atom is 0.195 e. The third-order valence-electron chi connectivity index (χ3n) is 3.77. The number of ketones is 1. The highest BCUT2D eigenvalue weighted by Gasteiger charge is 2.26. The summed E-state index contributed by atoms with van der Waals surface area (Å²) < 4.78 is 5.67. The van der Waals surface area contributed by atoms with E-state index in [0.29, 0.717) is 24.3 Å². The number of rotatable bonds is 5. The van der Waals surface area contributed by atoms with E-state index in [1.54, 1.807) is 13.1 Å². The molecule has 0 spiro atoms. The van der Waals surface area contributed by atoms with Gasteiger partial charge in [0.25, 0.3) is 0 Å². The zero-order valence-corrected chi connectivity index (χ0v) is 12.2. The fraction of sp³-hybridized carbons (Fsp3) is 0.733. The zero-order valence-electron chi connectivity index (χ0n) is 12.2. The lowest BCUT2D eigenvalue weighted by atomic mass is 9.98. The number of carbonyl (C=O) groups is 1. The summed E-state index contributed by atoms with van der Waals surface area (Å²) in [6.45, 7) is 7.23. The average Bonchev–Trinajstić information content (AvgIpc) is 2.76. The Balaban J connectivity index is 1.98. The average molecular weight is 264 g/mol. The molecule has 4 nitrogen and oxygen atoms in total. The van der Waals surface area contributed by atoms with Gasteiger partial charge in [-0.1, -0.05) is 6.42 Å². The summed E-state index contributed by atoms with van der Waals surface area (Å²) in [5.41, 5.74) is 0. The van der Waals surface area contributed by atoms with E-state index in [0.717, 1.165) is 12.3 Å². The van der Waals surface area contributed by atoms with Crippen LogP contribution in [0.15, 0.2) is 10.6 Å². The fourth-order valence-electron chi connectivity index (χ4n) is 2.89. The Bertz CT molecular complexity index is 426. The van der Waals surface area contributed by atoms with Gasteiger partial charge in [0.05, 0.1) is 12.6 Å². The largest absolute Gasteiger partial charge is 0.445 e. The van der Waals surface area contributed by atoms with E-state index in [-0.39, 0.29) is 5.78 Å². The predicted molar refractivity (Wildman–Crippen MR) is 74.1 cm³/mol. The van der Waals surface area contributed by atoms with Crippen LogP contribution in [0.2, 0.25) is 0 Å². The SMILES string of the molecule is CC(=O)Cc1cnc(CC2CCCCN2C(C)C)o1. The summed E-state index contributed by atoms with van der Waals surface area (Å²) in [5.74, 6) is 1.58. The molecule has 0 bridgehead atoms. The molecule has 2 rings (SSSR count). The van der Waals surface area contributed by atoms with Crippen LogP contribution in [0.5, 0.6) is 0 Å². The molecule has 1 atom stereocenters. The van der Waals surface area contributed by atoms with E-state index in [2.05, 4.69) is 23.7 Å². The second-order valence-electron chi connectivity index (χ2n) is 5.78. The van der Waals surface area contributed by atoms with Crippen molar-refractivity contribution in [2.45, 2.75) is 65.0 Å². The van der Waals surface area contributed by atoms with Crippen molar-refractivity contribution in [1.29, 1.82) is 0 Å². The standard InChI is InChI=1S/C15H24N2O2/c1-11(2)17-7-5-4-6-13(17)9-15-16-10-14(19-15)8-12(3)18/h10-11,13H,4-9H2,1-3H3. The summed E-state index contributed by atoms with van der Waals surface area (Å²) in [6.07, 6.45) is 6.69. The van der Waals surface area contributed by atoms with Crippen molar-refractivity contribution in [3.63, 3.8) is 0 Å². The molecule has 1 aromatic heterocycles.